The number of fused-ring (bicyclic) bond motifs is 1. The smallest absolute Gasteiger partial charge is 0.240 e. The van der Waals surface area contributed by atoms with Crippen LogP contribution in [-0.2, 0) is 6.42 Å². The van der Waals surface area contributed by atoms with Crippen LogP contribution in [0.4, 0.5) is 17.5 Å². The van der Waals surface area contributed by atoms with Crippen LogP contribution in [0.25, 0.3) is 10.2 Å². The Kier molecular flexibility index (Phi) is 3.49. The summed E-state index contributed by atoms with van der Waals surface area (Å²) in [5, 5.41) is 4.34. The van der Waals surface area contributed by atoms with Crippen molar-refractivity contribution in [3.8, 4) is 0 Å². The number of nitrogens with zero attached hydrogens (tertiary/aromatic N) is 2. The number of para-hydroxylation sites is 1. The molecule has 6 heteroatoms. The molecule has 3 rings (SSSR count). The lowest BCUT2D eigenvalue weighted by Crippen LogP contribution is -2.11. The van der Waals surface area contributed by atoms with E-state index in [0.29, 0.717) is 5.95 Å². The molecule has 2 heterocycles. The summed E-state index contributed by atoms with van der Waals surface area (Å²) in [7, 11) is 0. The van der Waals surface area contributed by atoms with Crippen LogP contribution in [-0.4, -0.2) is 9.97 Å². The van der Waals surface area contributed by atoms with Gasteiger partial charge in [-0.25, -0.2) is 10.8 Å². The van der Waals surface area contributed by atoms with Gasteiger partial charge in [-0.05, 0) is 24.6 Å². The van der Waals surface area contributed by atoms with Crippen LogP contribution in [0, 0.1) is 0 Å². The minimum absolute atomic E-state index is 0.417. The summed E-state index contributed by atoms with van der Waals surface area (Å²) in [5.41, 5.74) is 3.50. The zero-order valence-corrected chi connectivity index (χ0v) is 11.9. The number of nitrogen functional groups attached to an aromatic ring is 1. The average Bonchev–Trinajstić information content (AvgIpc) is 2.91. The van der Waals surface area contributed by atoms with E-state index < -0.39 is 0 Å². The Bertz CT molecular complexity index is 723. The molecule has 3 aromatic rings. The fourth-order valence-electron chi connectivity index (χ4n) is 1.96. The number of hydrazine groups is 1. The van der Waals surface area contributed by atoms with E-state index in [4.69, 9.17) is 5.84 Å². The molecular weight excluding hydrogens is 270 g/mol. The summed E-state index contributed by atoms with van der Waals surface area (Å²) >= 11 is 1.66. The summed E-state index contributed by atoms with van der Waals surface area (Å²) in [6, 6.07) is 12.1. The molecule has 0 fully saturated rings. The van der Waals surface area contributed by atoms with Crippen LogP contribution in [0.1, 0.15) is 11.8 Å². The number of hydrogen-bond donors (Lipinski definition) is 3. The summed E-state index contributed by atoms with van der Waals surface area (Å²) in [6.45, 7) is 2.13. The second-order valence-corrected chi connectivity index (χ2v) is 5.43. The number of hydrogen-bond acceptors (Lipinski definition) is 6. The standard InChI is InChI=1S/C14H15N5S/c1-2-10-8-11-12(16-9-6-4-3-5-7-9)17-14(19-15)18-13(11)20-10/h3-8H,2,15H2,1H3,(H2,16,17,18,19). The molecule has 4 N–H and O–H groups in total. The van der Waals surface area contributed by atoms with Gasteiger partial charge in [0.1, 0.15) is 10.6 Å². The van der Waals surface area contributed by atoms with Crippen molar-refractivity contribution >= 4 is 39.0 Å². The zero-order chi connectivity index (χ0) is 13.9. The van der Waals surface area contributed by atoms with Gasteiger partial charge >= 0.3 is 0 Å². The largest absolute Gasteiger partial charge is 0.340 e. The average molecular weight is 285 g/mol. The molecule has 2 aromatic heterocycles. The Morgan fingerprint density at radius 2 is 2.00 bits per heavy atom. The quantitative estimate of drug-likeness (QED) is 0.506. The van der Waals surface area contributed by atoms with Crippen LogP contribution in [0.5, 0.6) is 0 Å². The molecule has 0 aliphatic rings. The van der Waals surface area contributed by atoms with Gasteiger partial charge in [0.15, 0.2) is 0 Å². The highest BCUT2D eigenvalue weighted by Crippen LogP contribution is 2.31. The van der Waals surface area contributed by atoms with Gasteiger partial charge < -0.3 is 5.32 Å². The van der Waals surface area contributed by atoms with E-state index in [9.17, 15) is 0 Å². The first-order valence-electron chi connectivity index (χ1n) is 6.39. The van der Waals surface area contributed by atoms with E-state index in [0.717, 1.165) is 28.1 Å². The third-order valence-corrected chi connectivity index (χ3v) is 4.13. The van der Waals surface area contributed by atoms with Crippen molar-refractivity contribution in [1.82, 2.24) is 9.97 Å². The lowest BCUT2D eigenvalue weighted by molar-refractivity contribution is 1.16. The van der Waals surface area contributed by atoms with Gasteiger partial charge in [0.2, 0.25) is 5.95 Å². The molecule has 0 spiro atoms. The van der Waals surface area contributed by atoms with Crippen LogP contribution in [0.3, 0.4) is 0 Å². The van der Waals surface area contributed by atoms with Gasteiger partial charge in [0.05, 0.1) is 5.39 Å². The fraction of sp³-hybridized carbons (Fsp3) is 0.143. The molecule has 0 amide bonds. The maximum atomic E-state index is 5.44. The van der Waals surface area contributed by atoms with Crippen LogP contribution in [0.2, 0.25) is 0 Å². The molecular formula is C14H15N5S. The van der Waals surface area contributed by atoms with Crippen molar-refractivity contribution in [3.05, 3.63) is 41.3 Å². The number of benzene rings is 1. The fourth-order valence-corrected chi connectivity index (χ4v) is 2.93. The SMILES string of the molecule is CCc1cc2c(Nc3ccccc3)nc(NN)nc2s1. The van der Waals surface area contributed by atoms with E-state index in [2.05, 4.69) is 33.7 Å². The zero-order valence-electron chi connectivity index (χ0n) is 11.1. The van der Waals surface area contributed by atoms with E-state index in [1.54, 1.807) is 11.3 Å². The number of thiophene rings is 1. The van der Waals surface area contributed by atoms with Crippen molar-refractivity contribution in [1.29, 1.82) is 0 Å². The van der Waals surface area contributed by atoms with E-state index >= 15 is 0 Å². The predicted molar refractivity (Wildman–Crippen MR) is 84.3 cm³/mol. The highest BCUT2D eigenvalue weighted by Gasteiger charge is 2.11. The highest BCUT2D eigenvalue weighted by molar-refractivity contribution is 7.18. The molecule has 1 aromatic carbocycles. The minimum Gasteiger partial charge on any atom is -0.340 e. The normalized spacial score (nSPS) is 10.7. The van der Waals surface area contributed by atoms with Crippen molar-refractivity contribution in [2.45, 2.75) is 13.3 Å². The number of aryl methyl sites for hydroxylation is 1. The second kappa shape index (κ2) is 5.44. The Hall–Kier alpha value is -2.18. The number of nitrogens with two attached hydrogens (primary N) is 1. The number of nitrogens with one attached hydrogen (secondary N) is 2. The molecule has 0 atom stereocenters. The molecule has 0 radical (unpaired) electrons. The predicted octanol–water partition coefficient (Wildman–Crippen LogP) is 3.28. The Labute approximate surface area is 120 Å². The van der Waals surface area contributed by atoms with Crippen LogP contribution >= 0.6 is 11.3 Å². The second-order valence-electron chi connectivity index (χ2n) is 4.32. The summed E-state index contributed by atoms with van der Waals surface area (Å²) < 4.78 is 0. The van der Waals surface area contributed by atoms with Gasteiger partial charge in [-0.2, -0.15) is 4.98 Å². The van der Waals surface area contributed by atoms with Gasteiger partial charge in [0.25, 0.3) is 0 Å². The summed E-state index contributed by atoms with van der Waals surface area (Å²) in [4.78, 5) is 11.0. The van der Waals surface area contributed by atoms with Crippen LogP contribution in [0.15, 0.2) is 36.4 Å². The van der Waals surface area contributed by atoms with Gasteiger partial charge in [-0.1, -0.05) is 25.1 Å². The Morgan fingerprint density at radius 3 is 2.70 bits per heavy atom. The van der Waals surface area contributed by atoms with E-state index in [-0.39, 0.29) is 0 Å². The molecule has 20 heavy (non-hydrogen) atoms. The molecule has 0 saturated carbocycles. The highest BCUT2D eigenvalue weighted by atomic mass is 32.1. The van der Waals surface area contributed by atoms with Crippen molar-refractivity contribution in [2.24, 2.45) is 5.84 Å². The number of aromatic nitrogens is 2. The molecule has 5 nitrogen and oxygen atoms in total. The third kappa shape index (κ3) is 2.43. The third-order valence-electron chi connectivity index (χ3n) is 2.96. The first kappa shape index (κ1) is 12.8. The van der Waals surface area contributed by atoms with Crippen LogP contribution < -0.4 is 16.6 Å². The molecule has 0 aliphatic heterocycles. The van der Waals surface area contributed by atoms with Gasteiger partial charge in [-0.15, -0.1) is 11.3 Å². The first-order valence-corrected chi connectivity index (χ1v) is 7.21. The topological polar surface area (TPSA) is 75.9 Å². The summed E-state index contributed by atoms with van der Waals surface area (Å²) in [5.74, 6) is 6.63. The first-order chi connectivity index (χ1) is 9.80. The molecule has 0 aliphatic carbocycles. The van der Waals surface area contributed by atoms with Crippen molar-refractivity contribution in [2.75, 3.05) is 10.7 Å². The molecule has 0 bridgehead atoms. The number of rotatable bonds is 4. The molecule has 0 saturated heterocycles. The number of anilines is 3. The van der Waals surface area contributed by atoms with Gasteiger partial charge in [-0.3, -0.25) is 5.43 Å². The lowest BCUT2D eigenvalue weighted by Gasteiger charge is -2.08. The van der Waals surface area contributed by atoms with Crippen molar-refractivity contribution < 1.29 is 0 Å². The Balaban J connectivity index is 2.09. The summed E-state index contributed by atoms with van der Waals surface area (Å²) in [6.07, 6.45) is 0.983. The van der Waals surface area contributed by atoms with E-state index in [1.165, 1.54) is 4.88 Å². The molecule has 0 unspecified atom stereocenters. The van der Waals surface area contributed by atoms with E-state index in [1.807, 2.05) is 30.3 Å². The minimum atomic E-state index is 0.417. The maximum absolute atomic E-state index is 5.44. The van der Waals surface area contributed by atoms with Crippen molar-refractivity contribution in [3.63, 3.8) is 0 Å². The monoisotopic (exact) mass is 285 g/mol. The van der Waals surface area contributed by atoms with Gasteiger partial charge in [0, 0.05) is 10.6 Å². The maximum Gasteiger partial charge on any atom is 0.240 e. The Morgan fingerprint density at radius 1 is 1.20 bits per heavy atom. The lowest BCUT2D eigenvalue weighted by atomic mass is 10.3. The molecule has 102 valence electrons.